The highest BCUT2D eigenvalue weighted by Crippen LogP contribution is 2.24. The maximum Gasteiger partial charge on any atom is 0.256 e. The van der Waals surface area contributed by atoms with Crippen LogP contribution in [0.2, 0.25) is 0 Å². The van der Waals surface area contributed by atoms with E-state index >= 15 is 0 Å². The number of rotatable bonds is 6. The van der Waals surface area contributed by atoms with Crippen molar-refractivity contribution in [1.29, 1.82) is 0 Å². The summed E-state index contributed by atoms with van der Waals surface area (Å²) in [6.07, 6.45) is 1.41. The molecule has 168 valence electrons. The molecule has 2 aliphatic rings. The molecule has 3 rings (SSSR count). The Bertz CT molecular complexity index is 590. The summed E-state index contributed by atoms with van der Waals surface area (Å²) in [6.45, 7) is 10.5. The van der Waals surface area contributed by atoms with Gasteiger partial charge in [-0.25, -0.2) is 0 Å². The lowest BCUT2D eigenvalue weighted by atomic mass is 9.91. The van der Waals surface area contributed by atoms with E-state index in [4.69, 9.17) is 4.74 Å². The summed E-state index contributed by atoms with van der Waals surface area (Å²) < 4.78 is 5.59. The van der Waals surface area contributed by atoms with Crippen LogP contribution in [-0.4, -0.2) is 74.2 Å². The van der Waals surface area contributed by atoms with Crippen molar-refractivity contribution in [2.24, 2.45) is 0 Å². The molecule has 29 heavy (non-hydrogen) atoms. The maximum absolute atomic E-state index is 12.7. The number of amides is 1. The van der Waals surface area contributed by atoms with Crippen LogP contribution in [-0.2, 0) is 16.1 Å². The first kappa shape index (κ1) is 28.4. The molecule has 0 atom stereocenters. The molecule has 1 aromatic rings. The number of carbonyl (C=O) groups is 1. The standard InChI is InChI=1S/C20H32N4O2.3ClH/c1-3-23-12-14-24(15-13-23)16-17-4-6-18(7-5-17)22-19(25)20(26-2)8-10-21-11-9-20;;;/h4-7,21H,3,8-16H2,1-2H3,(H,22,25);3*1H. The van der Waals surface area contributed by atoms with Crippen LogP contribution in [0.25, 0.3) is 0 Å². The number of likely N-dealkylation sites (N-methyl/N-ethyl adjacent to an activating group) is 1. The highest BCUT2D eigenvalue weighted by molar-refractivity contribution is 5.97. The Hall–Kier alpha value is -0.600. The Morgan fingerprint density at radius 1 is 1.03 bits per heavy atom. The van der Waals surface area contributed by atoms with Gasteiger partial charge >= 0.3 is 0 Å². The van der Waals surface area contributed by atoms with Gasteiger partial charge in [0.05, 0.1) is 0 Å². The number of benzene rings is 1. The number of nitrogens with one attached hydrogen (secondary N) is 2. The van der Waals surface area contributed by atoms with Gasteiger partial charge in [0, 0.05) is 45.5 Å². The molecule has 0 saturated carbocycles. The van der Waals surface area contributed by atoms with Gasteiger partial charge in [-0.3, -0.25) is 9.69 Å². The highest BCUT2D eigenvalue weighted by Gasteiger charge is 2.39. The molecule has 0 bridgehead atoms. The largest absolute Gasteiger partial charge is 0.368 e. The highest BCUT2D eigenvalue weighted by atomic mass is 35.5. The van der Waals surface area contributed by atoms with E-state index in [9.17, 15) is 4.79 Å². The Morgan fingerprint density at radius 3 is 2.10 bits per heavy atom. The van der Waals surface area contributed by atoms with Crippen LogP contribution >= 0.6 is 37.2 Å². The Labute approximate surface area is 193 Å². The van der Waals surface area contributed by atoms with Crippen molar-refractivity contribution in [2.75, 3.05) is 58.2 Å². The Morgan fingerprint density at radius 2 is 1.59 bits per heavy atom. The Kier molecular flexibility index (Phi) is 13.4. The average molecular weight is 470 g/mol. The number of carbonyl (C=O) groups excluding carboxylic acids is 1. The van der Waals surface area contributed by atoms with Crippen molar-refractivity contribution >= 4 is 48.8 Å². The lowest BCUT2D eigenvalue weighted by molar-refractivity contribution is -0.140. The van der Waals surface area contributed by atoms with Gasteiger partial charge in [-0.15, -0.1) is 37.2 Å². The van der Waals surface area contributed by atoms with Crippen LogP contribution in [0.5, 0.6) is 0 Å². The van der Waals surface area contributed by atoms with E-state index in [0.29, 0.717) is 12.8 Å². The smallest absolute Gasteiger partial charge is 0.256 e. The van der Waals surface area contributed by atoms with Crippen LogP contribution < -0.4 is 10.6 Å². The predicted octanol–water partition coefficient (Wildman–Crippen LogP) is 2.80. The van der Waals surface area contributed by atoms with Crippen LogP contribution in [0.4, 0.5) is 5.69 Å². The molecule has 1 amide bonds. The van der Waals surface area contributed by atoms with Crippen LogP contribution in [0, 0.1) is 0 Å². The van der Waals surface area contributed by atoms with Gasteiger partial charge in [0.15, 0.2) is 0 Å². The van der Waals surface area contributed by atoms with E-state index in [0.717, 1.165) is 58.0 Å². The van der Waals surface area contributed by atoms with E-state index in [1.807, 2.05) is 12.1 Å². The second-order valence-electron chi connectivity index (χ2n) is 7.31. The second-order valence-corrected chi connectivity index (χ2v) is 7.31. The van der Waals surface area contributed by atoms with Gasteiger partial charge in [-0.2, -0.15) is 0 Å². The number of piperazine rings is 1. The predicted molar refractivity (Wildman–Crippen MR) is 126 cm³/mol. The topological polar surface area (TPSA) is 56.8 Å². The SMILES string of the molecule is CCN1CCN(Cc2ccc(NC(=O)C3(OC)CCNCC3)cc2)CC1.Cl.Cl.Cl. The molecule has 6 nitrogen and oxygen atoms in total. The minimum absolute atomic E-state index is 0. The van der Waals surface area contributed by atoms with Gasteiger partial charge in [-0.1, -0.05) is 19.1 Å². The third kappa shape index (κ3) is 7.55. The lowest BCUT2D eigenvalue weighted by Gasteiger charge is -2.35. The molecular weight excluding hydrogens is 435 g/mol. The lowest BCUT2D eigenvalue weighted by Crippen LogP contribution is -2.51. The van der Waals surface area contributed by atoms with Crippen LogP contribution in [0.1, 0.15) is 25.3 Å². The fourth-order valence-corrected chi connectivity index (χ4v) is 3.81. The van der Waals surface area contributed by atoms with Crippen molar-refractivity contribution in [1.82, 2.24) is 15.1 Å². The van der Waals surface area contributed by atoms with Crippen LogP contribution in [0.15, 0.2) is 24.3 Å². The number of hydrogen-bond donors (Lipinski definition) is 2. The van der Waals surface area contributed by atoms with Crippen molar-refractivity contribution in [3.05, 3.63) is 29.8 Å². The summed E-state index contributed by atoms with van der Waals surface area (Å²) in [7, 11) is 1.63. The van der Waals surface area contributed by atoms with E-state index in [-0.39, 0.29) is 43.1 Å². The summed E-state index contributed by atoms with van der Waals surface area (Å²) >= 11 is 0. The minimum atomic E-state index is -0.705. The molecule has 2 heterocycles. The zero-order valence-corrected chi connectivity index (χ0v) is 19.8. The average Bonchev–Trinajstić information content (AvgIpc) is 2.70. The van der Waals surface area contributed by atoms with Gasteiger partial charge in [0.25, 0.3) is 5.91 Å². The summed E-state index contributed by atoms with van der Waals surface area (Å²) in [4.78, 5) is 17.7. The number of ether oxygens (including phenoxy) is 1. The number of halogens is 3. The molecule has 9 heteroatoms. The fraction of sp³-hybridized carbons (Fsp3) is 0.650. The van der Waals surface area contributed by atoms with E-state index in [2.05, 4.69) is 39.5 Å². The van der Waals surface area contributed by atoms with Crippen molar-refractivity contribution in [2.45, 2.75) is 31.9 Å². The summed E-state index contributed by atoms with van der Waals surface area (Å²) in [5.41, 5.74) is 1.42. The first-order valence-electron chi connectivity index (χ1n) is 9.76. The number of nitrogens with zero attached hydrogens (tertiary/aromatic N) is 2. The maximum atomic E-state index is 12.7. The molecule has 2 aliphatic heterocycles. The quantitative estimate of drug-likeness (QED) is 0.671. The van der Waals surface area contributed by atoms with Crippen LogP contribution in [0.3, 0.4) is 0 Å². The minimum Gasteiger partial charge on any atom is -0.368 e. The van der Waals surface area contributed by atoms with Gasteiger partial charge in [0.2, 0.25) is 0 Å². The second kappa shape index (κ2) is 13.7. The monoisotopic (exact) mass is 468 g/mol. The molecular formula is C20H35Cl3N4O2. The third-order valence-corrected chi connectivity index (χ3v) is 5.75. The molecule has 0 unspecified atom stereocenters. The first-order valence-corrected chi connectivity index (χ1v) is 9.76. The van der Waals surface area contributed by atoms with Crippen molar-refractivity contribution in [3.63, 3.8) is 0 Å². The molecule has 2 saturated heterocycles. The molecule has 2 fully saturated rings. The first-order chi connectivity index (χ1) is 12.6. The number of piperidine rings is 1. The van der Waals surface area contributed by atoms with E-state index in [1.54, 1.807) is 7.11 Å². The molecule has 1 aromatic carbocycles. The fourth-order valence-electron chi connectivity index (χ4n) is 3.81. The van der Waals surface area contributed by atoms with Crippen molar-refractivity contribution in [3.8, 4) is 0 Å². The molecule has 0 spiro atoms. The summed E-state index contributed by atoms with van der Waals surface area (Å²) in [6, 6.07) is 8.23. The Balaban J connectivity index is 0.00000261. The van der Waals surface area contributed by atoms with Gasteiger partial charge in [0.1, 0.15) is 5.60 Å². The van der Waals surface area contributed by atoms with Crippen molar-refractivity contribution < 1.29 is 9.53 Å². The van der Waals surface area contributed by atoms with Gasteiger partial charge < -0.3 is 20.3 Å². The zero-order valence-electron chi connectivity index (χ0n) is 17.3. The normalized spacial score (nSPS) is 19.2. The van der Waals surface area contributed by atoms with E-state index in [1.165, 1.54) is 5.56 Å². The molecule has 0 aliphatic carbocycles. The molecule has 0 radical (unpaired) electrons. The summed E-state index contributed by atoms with van der Waals surface area (Å²) in [5, 5.41) is 6.31. The number of anilines is 1. The third-order valence-electron chi connectivity index (χ3n) is 5.75. The summed E-state index contributed by atoms with van der Waals surface area (Å²) in [5.74, 6) is -0.0371. The van der Waals surface area contributed by atoms with E-state index < -0.39 is 5.60 Å². The van der Waals surface area contributed by atoms with Gasteiger partial charge in [-0.05, 0) is 50.2 Å². The zero-order chi connectivity index (χ0) is 18.4. The number of hydrogen-bond acceptors (Lipinski definition) is 5. The number of methoxy groups -OCH3 is 1. The molecule has 0 aromatic heterocycles. The molecule has 2 N–H and O–H groups in total.